The third-order valence-corrected chi connectivity index (χ3v) is 5.62. The summed E-state index contributed by atoms with van der Waals surface area (Å²) in [5.41, 5.74) is 1.10. The maximum absolute atomic E-state index is 13.4. The van der Waals surface area contributed by atoms with Crippen LogP contribution in [0.3, 0.4) is 0 Å². The van der Waals surface area contributed by atoms with E-state index in [-0.39, 0.29) is 10.7 Å². The molecular weight excluding hydrogens is 423 g/mol. The summed E-state index contributed by atoms with van der Waals surface area (Å²) >= 11 is 6.30. The highest BCUT2D eigenvalue weighted by Gasteiger charge is 2.44. The van der Waals surface area contributed by atoms with Gasteiger partial charge in [-0.15, -0.1) is 0 Å². The third-order valence-electron chi connectivity index (χ3n) is 5.32. The average molecular weight is 438 g/mol. The first-order valence-corrected chi connectivity index (χ1v) is 9.38. The second-order valence-corrected chi connectivity index (χ2v) is 7.64. The first-order valence-electron chi connectivity index (χ1n) is 9.00. The highest BCUT2D eigenvalue weighted by atomic mass is 35.5. The maximum Gasteiger partial charge on any atom is 0.405 e. The summed E-state index contributed by atoms with van der Waals surface area (Å²) in [6, 6.07) is 9.05. The highest BCUT2D eigenvalue weighted by molar-refractivity contribution is 6.35. The van der Waals surface area contributed by atoms with Gasteiger partial charge in [0.05, 0.1) is 21.5 Å². The van der Waals surface area contributed by atoms with Crippen LogP contribution in [0.1, 0.15) is 30.0 Å². The Kier molecular flexibility index (Phi) is 4.73. The van der Waals surface area contributed by atoms with E-state index in [9.17, 15) is 28.1 Å². The molecule has 0 fully saturated rings. The lowest BCUT2D eigenvalue weighted by molar-refractivity contribution is -0.384. The summed E-state index contributed by atoms with van der Waals surface area (Å²) < 4.78 is 40.3. The van der Waals surface area contributed by atoms with Crippen LogP contribution in [0.5, 0.6) is 0 Å². The Hall–Kier alpha value is -3.07. The number of alkyl halides is 3. The van der Waals surface area contributed by atoms with Gasteiger partial charge in [-0.05, 0) is 23.3 Å². The van der Waals surface area contributed by atoms with Gasteiger partial charge in [0, 0.05) is 35.2 Å². The van der Waals surface area contributed by atoms with Crippen molar-refractivity contribution < 1.29 is 18.1 Å². The number of halogens is 4. The van der Waals surface area contributed by atoms with Crippen LogP contribution in [-0.2, 0) is 0 Å². The molecule has 1 aromatic heterocycles. The minimum absolute atomic E-state index is 0.143. The molecule has 0 spiro atoms. The predicted octanol–water partition coefficient (Wildman–Crippen LogP) is 5.32. The fraction of sp³-hybridized carbons (Fsp3) is 0.250. The van der Waals surface area contributed by atoms with Crippen molar-refractivity contribution in [3.05, 3.63) is 79.1 Å². The second-order valence-electron chi connectivity index (χ2n) is 7.23. The first-order chi connectivity index (χ1) is 14.1. The number of hydrogen-bond acceptors (Lipinski definition) is 4. The van der Waals surface area contributed by atoms with Crippen molar-refractivity contribution in [1.82, 2.24) is 4.98 Å². The Bertz CT molecular complexity index is 1230. The summed E-state index contributed by atoms with van der Waals surface area (Å²) in [5, 5.41) is 11.8. The standard InChI is InChI=1S/C20H15ClF3N3O3/c1-10-17-15(6-5-14-18(17)13(21)8-16(28)25-14)26(9-20(22,23)24)19(10)11-3-2-4-12(7-11)27(29)30/h2-8,10,19H,9H2,1H3,(H,25,28). The van der Waals surface area contributed by atoms with Crippen molar-refractivity contribution in [2.75, 3.05) is 11.4 Å². The molecule has 2 atom stereocenters. The average Bonchev–Trinajstić information content (AvgIpc) is 2.91. The van der Waals surface area contributed by atoms with Gasteiger partial charge in [0.15, 0.2) is 0 Å². The number of nitrogens with one attached hydrogen (secondary N) is 1. The molecule has 1 aliphatic heterocycles. The number of anilines is 1. The first kappa shape index (κ1) is 20.2. The summed E-state index contributed by atoms with van der Waals surface area (Å²) in [6.45, 7) is 0.518. The quantitative estimate of drug-likeness (QED) is 0.444. The van der Waals surface area contributed by atoms with E-state index in [0.717, 1.165) is 0 Å². The lowest BCUT2D eigenvalue weighted by Gasteiger charge is -2.30. The second kappa shape index (κ2) is 7.02. The zero-order valence-electron chi connectivity index (χ0n) is 15.5. The van der Waals surface area contributed by atoms with Gasteiger partial charge < -0.3 is 9.88 Å². The van der Waals surface area contributed by atoms with Crippen LogP contribution in [0.4, 0.5) is 24.5 Å². The van der Waals surface area contributed by atoms with Crippen LogP contribution in [0.2, 0.25) is 5.02 Å². The fourth-order valence-corrected chi connectivity index (χ4v) is 4.59. The van der Waals surface area contributed by atoms with Gasteiger partial charge >= 0.3 is 6.18 Å². The number of rotatable bonds is 3. The van der Waals surface area contributed by atoms with Gasteiger partial charge in [0.1, 0.15) is 6.54 Å². The molecular formula is C20H15ClF3N3O3. The summed E-state index contributed by atoms with van der Waals surface area (Å²) in [7, 11) is 0. The van der Waals surface area contributed by atoms with E-state index in [1.165, 1.54) is 41.3 Å². The predicted molar refractivity (Wildman–Crippen MR) is 107 cm³/mol. The summed E-state index contributed by atoms with van der Waals surface area (Å²) in [6.07, 6.45) is -4.50. The Morgan fingerprint density at radius 1 is 1.23 bits per heavy atom. The zero-order chi connectivity index (χ0) is 21.8. The van der Waals surface area contributed by atoms with Gasteiger partial charge in [-0.25, -0.2) is 0 Å². The molecule has 1 aliphatic rings. The topological polar surface area (TPSA) is 79.2 Å². The number of non-ortho nitro benzene ring substituents is 1. The molecule has 2 heterocycles. The Morgan fingerprint density at radius 2 is 1.97 bits per heavy atom. The molecule has 0 amide bonds. The molecule has 0 radical (unpaired) electrons. The van der Waals surface area contributed by atoms with Crippen molar-refractivity contribution >= 4 is 33.9 Å². The van der Waals surface area contributed by atoms with E-state index in [1.807, 2.05) is 0 Å². The number of pyridine rings is 1. The van der Waals surface area contributed by atoms with Crippen LogP contribution in [0.25, 0.3) is 10.9 Å². The lowest BCUT2D eigenvalue weighted by Crippen LogP contribution is -2.35. The van der Waals surface area contributed by atoms with Crippen molar-refractivity contribution in [3.63, 3.8) is 0 Å². The summed E-state index contributed by atoms with van der Waals surface area (Å²) in [4.78, 5) is 26.2. The number of fused-ring (bicyclic) bond motifs is 3. The van der Waals surface area contributed by atoms with Crippen LogP contribution in [-0.4, -0.2) is 22.6 Å². The molecule has 0 saturated heterocycles. The summed E-state index contributed by atoms with van der Waals surface area (Å²) in [5.74, 6) is -0.476. The van der Waals surface area contributed by atoms with Gasteiger partial charge in [-0.2, -0.15) is 13.2 Å². The van der Waals surface area contributed by atoms with E-state index in [1.54, 1.807) is 13.0 Å². The largest absolute Gasteiger partial charge is 0.405 e. The molecule has 1 N–H and O–H groups in total. The SMILES string of the molecule is CC1c2c(ccc3[nH]c(=O)cc(Cl)c23)N(CC(F)(F)F)C1c1cccc([N+](=O)[O-])c1. The van der Waals surface area contributed by atoms with Crippen LogP contribution >= 0.6 is 11.6 Å². The lowest BCUT2D eigenvalue weighted by atomic mass is 9.89. The van der Waals surface area contributed by atoms with E-state index in [4.69, 9.17) is 11.6 Å². The minimum atomic E-state index is -4.50. The Morgan fingerprint density at radius 3 is 2.63 bits per heavy atom. The normalized spacial score (nSPS) is 18.6. The van der Waals surface area contributed by atoms with E-state index in [2.05, 4.69) is 4.98 Å². The zero-order valence-corrected chi connectivity index (χ0v) is 16.3. The third kappa shape index (κ3) is 3.39. The van der Waals surface area contributed by atoms with E-state index >= 15 is 0 Å². The van der Waals surface area contributed by atoms with E-state index in [0.29, 0.717) is 27.7 Å². The number of hydrogen-bond donors (Lipinski definition) is 1. The molecule has 156 valence electrons. The minimum Gasteiger partial charge on any atom is -0.355 e. The van der Waals surface area contributed by atoms with E-state index < -0.39 is 35.2 Å². The smallest absolute Gasteiger partial charge is 0.355 e. The molecule has 30 heavy (non-hydrogen) atoms. The van der Waals surface area contributed by atoms with Crippen molar-refractivity contribution in [2.24, 2.45) is 0 Å². The number of aromatic amines is 1. The molecule has 0 saturated carbocycles. The number of aromatic nitrogens is 1. The van der Waals surface area contributed by atoms with Crippen molar-refractivity contribution in [1.29, 1.82) is 0 Å². The van der Waals surface area contributed by atoms with Crippen LogP contribution < -0.4 is 10.5 Å². The molecule has 10 heteroatoms. The molecule has 2 unspecified atom stereocenters. The Balaban J connectivity index is 1.96. The Labute approximate surface area is 173 Å². The molecule has 2 aromatic carbocycles. The highest BCUT2D eigenvalue weighted by Crippen LogP contribution is 2.53. The van der Waals surface area contributed by atoms with Gasteiger partial charge in [-0.3, -0.25) is 14.9 Å². The number of nitrogens with zero attached hydrogens (tertiary/aromatic N) is 2. The number of H-pyrrole nitrogens is 1. The number of nitro benzene ring substituents is 1. The maximum atomic E-state index is 13.4. The van der Waals surface area contributed by atoms with Gasteiger partial charge in [0.2, 0.25) is 5.56 Å². The molecule has 4 rings (SSSR count). The molecule has 6 nitrogen and oxygen atoms in total. The van der Waals surface area contributed by atoms with Crippen LogP contribution in [0.15, 0.2) is 47.3 Å². The molecule has 0 bridgehead atoms. The molecule has 3 aromatic rings. The fourth-order valence-electron chi connectivity index (χ4n) is 4.28. The van der Waals surface area contributed by atoms with Gasteiger partial charge in [0.25, 0.3) is 5.69 Å². The van der Waals surface area contributed by atoms with Crippen molar-refractivity contribution in [2.45, 2.75) is 25.1 Å². The number of benzene rings is 2. The van der Waals surface area contributed by atoms with Gasteiger partial charge in [-0.1, -0.05) is 30.7 Å². The molecule has 0 aliphatic carbocycles. The number of nitro groups is 1. The van der Waals surface area contributed by atoms with Crippen LogP contribution in [0, 0.1) is 10.1 Å². The monoisotopic (exact) mass is 437 g/mol. The van der Waals surface area contributed by atoms with Crippen molar-refractivity contribution in [3.8, 4) is 0 Å².